The summed E-state index contributed by atoms with van der Waals surface area (Å²) in [6.45, 7) is 2.63. The van der Waals surface area contributed by atoms with E-state index in [2.05, 4.69) is 34.3 Å². The van der Waals surface area contributed by atoms with Gasteiger partial charge in [0.1, 0.15) is 10.5 Å². The summed E-state index contributed by atoms with van der Waals surface area (Å²) in [5.41, 5.74) is 1.92. The lowest BCUT2D eigenvalue weighted by atomic mass is 10.1. The summed E-state index contributed by atoms with van der Waals surface area (Å²) >= 11 is 1.42. The van der Waals surface area contributed by atoms with Crippen molar-refractivity contribution >= 4 is 21.6 Å². The van der Waals surface area contributed by atoms with Gasteiger partial charge in [-0.25, -0.2) is 4.98 Å². The molecule has 0 spiro atoms. The maximum atomic E-state index is 11.9. The van der Waals surface area contributed by atoms with Crippen LogP contribution in [0.4, 0.5) is 0 Å². The number of H-pyrrole nitrogens is 1. The van der Waals surface area contributed by atoms with Crippen LogP contribution in [0, 0.1) is 0 Å². The second-order valence-corrected chi connectivity index (χ2v) is 5.58. The van der Waals surface area contributed by atoms with Crippen LogP contribution >= 0.6 is 11.3 Å². The molecular formula is C15H15N3OS. The zero-order valence-corrected chi connectivity index (χ0v) is 11.9. The molecule has 0 saturated carbocycles. The average molecular weight is 285 g/mol. The highest BCUT2D eigenvalue weighted by molar-refractivity contribution is 7.17. The van der Waals surface area contributed by atoms with Gasteiger partial charge in [0.2, 0.25) is 0 Å². The summed E-state index contributed by atoms with van der Waals surface area (Å²) in [7, 11) is 0. The van der Waals surface area contributed by atoms with Crippen LogP contribution in [-0.4, -0.2) is 9.97 Å². The van der Waals surface area contributed by atoms with E-state index in [0.29, 0.717) is 17.1 Å². The first-order chi connectivity index (χ1) is 9.74. The van der Waals surface area contributed by atoms with Crippen LogP contribution in [0.15, 0.2) is 46.6 Å². The molecule has 20 heavy (non-hydrogen) atoms. The first kappa shape index (κ1) is 13.0. The third-order valence-electron chi connectivity index (χ3n) is 3.24. The summed E-state index contributed by atoms with van der Waals surface area (Å²) < 4.78 is 0.685. The number of fused-ring (bicyclic) bond motifs is 1. The molecule has 0 unspecified atom stereocenters. The van der Waals surface area contributed by atoms with E-state index in [9.17, 15) is 4.79 Å². The summed E-state index contributed by atoms with van der Waals surface area (Å²) in [6.07, 6.45) is 0. The smallest absolute Gasteiger partial charge is 0.268 e. The van der Waals surface area contributed by atoms with Gasteiger partial charge < -0.3 is 10.3 Å². The zero-order valence-electron chi connectivity index (χ0n) is 11.1. The van der Waals surface area contributed by atoms with Crippen molar-refractivity contribution in [1.82, 2.24) is 15.3 Å². The van der Waals surface area contributed by atoms with Gasteiger partial charge in [-0.15, -0.1) is 11.3 Å². The monoisotopic (exact) mass is 285 g/mol. The molecule has 3 rings (SSSR count). The molecule has 0 amide bonds. The highest BCUT2D eigenvalue weighted by Gasteiger charge is 2.07. The molecule has 0 radical (unpaired) electrons. The van der Waals surface area contributed by atoms with E-state index >= 15 is 0 Å². The molecule has 1 atom stereocenters. The number of benzene rings is 1. The SMILES string of the molecule is C[C@H](NCc1nc2ccsc2c(=O)[nH]1)c1ccccc1. The summed E-state index contributed by atoms with van der Waals surface area (Å²) in [4.78, 5) is 19.1. The number of aromatic amines is 1. The van der Waals surface area contributed by atoms with Gasteiger partial charge in [-0.2, -0.15) is 0 Å². The number of hydrogen-bond acceptors (Lipinski definition) is 4. The van der Waals surface area contributed by atoms with Crippen LogP contribution in [0.3, 0.4) is 0 Å². The minimum absolute atomic E-state index is 0.0610. The fourth-order valence-corrected chi connectivity index (χ4v) is 2.84. The molecular weight excluding hydrogens is 270 g/mol. The van der Waals surface area contributed by atoms with Crippen molar-refractivity contribution in [3.8, 4) is 0 Å². The van der Waals surface area contributed by atoms with Crippen LogP contribution in [0.25, 0.3) is 10.2 Å². The number of rotatable bonds is 4. The highest BCUT2D eigenvalue weighted by atomic mass is 32.1. The summed E-state index contributed by atoms with van der Waals surface area (Å²) in [5, 5.41) is 5.26. The molecule has 2 heterocycles. The van der Waals surface area contributed by atoms with E-state index in [1.807, 2.05) is 29.6 Å². The Hall–Kier alpha value is -1.98. The summed E-state index contributed by atoms with van der Waals surface area (Å²) in [6, 6.07) is 12.3. The van der Waals surface area contributed by atoms with Crippen LogP contribution in [0.2, 0.25) is 0 Å². The molecule has 0 aliphatic rings. The maximum Gasteiger partial charge on any atom is 0.268 e. The van der Waals surface area contributed by atoms with Crippen molar-refractivity contribution in [2.75, 3.05) is 0 Å². The molecule has 0 saturated heterocycles. The number of nitrogens with zero attached hydrogens (tertiary/aromatic N) is 1. The van der Waals surface area contributed by atoms with E-state index in [4.69, 9.17) is 0 Å². The molecule has 5 heteroatoms. The number of aromatic nitrogens is 2. The summed E-state index contributed by atoms with van der Waals surface area (Å²) in [5.74, 6) is 0.670. The first-order valence-electron chi connectivity index (χ1n) is 6.49. The Kier molecular flexibility index (Phi) is 3.62. The van der Waals surface area contributed by atoms with Gasteiger partial charge >= 0.3 is 0 Å². The third-order valence-corrected chi connectivity index (χ3v) is 4.14. The molecule has 2 aromatic heterocycles. The van der Waals surface area contributed by atoms with Gasteiger partial charge in [0.05, 0.1) is 12.1 Å². The molecule has 3 aromatic rings. The first-order valence-corrected chi connectivity index (χ1v) is 7.37. The standard InChI is InChI=1S/C15H15N3OS/c1-10(11-5-3-2-4-6-11)16-9-13-17-12-7-8-20-14(12)15(19)18-13/h2-8,10,16H,9H2,1H3,(H,17,18,19)/t10-/m0/s1. The Morgan fingerprint density at radius 3 is 2.90 bits per heavy atom. The maximum absolute atomic E-state index is 11.9. The van der Waals surface area contributed by atoms with Crippen molar-refractivity contribution in [3.63, 3.8) is 0 Å². The third kappa shape index (κ3) is 2.64. The Labute approximate surface area is 120 Å². The molecule has 2 N–H and O–H groups in total. The Morgan fingerprint density at radius 1 is 1.30 bits per heavy atom. The normalized spacial score (nSPS) is 12.7. The fraction of sp³-hybridized carbons (Fsp3) is 0.200. The van der Waals surface area contributed by atoms with Crippen LogP contribution in [-0.2, 0) is 6.54 Å². The van der Waals surface area contributed by atoms with Gasteiger partial charge in [-0.1, -0.05) is 30.3 Å². The van der Waals surface area contributed by atoms with E-state index in [1.54, 1.807) is 0 Å². The number of hydrogen-bond donors (Lipinski definition) is 2. The predicted octanol–water partition coefficient (Wildman–Crippen LogP) is 2.84. The van der Waals surface area contributed by atoms with E-state index < -0.39 is 0 Å². The molecule has 0 bridgehead atoms. The molecule has 0 aliphatic heterocycles. The lowest BCUT2D eigenvalue weighted by molar-refractivity contribution is 0.559. The Bertz CT molecular complexity index is 763. The lowest BCUT2D eigenvalue weighted by Crippen LogP contribution is -2.21. The second kappa shape index (κ2) is 5.56. The fourth-order valence-electron chi connectivity index (χ4n) is 2.11. The molecule has 102 valence electrons. The van der Waals surface area contributed by atoms with Crippen molar-refractivity contribution < 1.29 is 0 Å². The largest absolute Gasteiger partial charge is 0.308 e. The molecule has 0 fully saturated rings. The van der Waals surface area contributed by atoms with Crippen LogP contribution in [0.1, 0.15) is 24.4 Å². The van der Waals surface area contributed by atoms with E-state index in [-0.39, 0.29) is 11.6 Å². The second-order valence-electron chi connectivity index (χ2n) is 4.66. The van der Waals surface area contributed by atoms with E-state index in [1.165, 1.54) is 16.9 Å². The average Bonchev–Trinajstić information content (AvgIpc) is 2.94. The lowest BCUT2D eigenvalue weighted by Gasteiger charge is -2.13. The van der Waals surface area contributed by atoms with Crippen LogP contribution < -0.4 is 10.9 Å². The van der Waals surface area contributed by atoms with Crippen molar-refractivity contribution in [2.45, 2.75) is 19.5 Å². The molecule has 1 aromatic carbocycles. The van der Waals surface area contributed by atoms with Gasteiger partial charge in [-0.3, -0.25) is 4.79 Å². The van der Waals surface area contributed by atoms with Gasteiger partial charge in [0.25, 0.3) is 5.56 Å². The minimum Gasteiger partial charge on any atom is -0.308 e. The van der Waals surface area contributed by atoms with Crippen molar-refractivity contribution in [3.05, 3.63) is 63.5 Å². The predicted molar refractivity (Wildman–Crippen MR) is 81.9 cm³/mol. The number of thiophene rings is 1. The molecule has 0 aliphatic carbocycles. The highest BCUT2D eigenvalue weighted by Crippen LogP contribution is 2.14. The zero-order chi connectivity index (χ0) is 13.9. The Morgan fingerprint density at radius 2 is 2.10 bits per heavy atom. The van der Waals surface area contributed by atoms with Crippen molar-refractivity contribution in [2.24, 2.45) is 0 Å². The quantitative estimate of drug-likeness (QED) is 0.775. The Balaban J connectivity index is 1.75. The number of nitrogens with one attached hydrogen (secondary N) is 2. The minimum atomic E-state index is -0.0610. The van der Waals surface area contributed by atoms with Crippen molar-refractivity contribution in [1.29, 1.82) is 0 Å². The van der Waals surface area contributed by atoms with Crippen LogP contribution in [0.5, 0.6) is 0 Å². The van der Waals surface area contributed by atoms with Gasteiger partial charge in [-0.05, 0) is 23.9 Å². The van der Waals surface area contributed by atoms with E-state index in [0.717, 1.165) is 5.52 Å². The topological polar surface area (TPSA) is 57.8 Å². The molecule has 4 nitrogen and oxygen atoms in total. The van der Waals surface area contributed by atoms with Gasteiger partial charge in [0.15, 0.2) is 0 Å². The van der Waals surface area contributed by atoms with Gasteiger partial charge in [0, 0.05) is 6.04 Å².